The van der Waals surface area contributed by atoms with Gasteiger partial charge in [-0.15, -0.1) is 0 Å². The number of nitrogens with zero attached hydrogens (tertiary/aromatic N) is 5. The standard InChI is InChI=1S/C4H9NO.2C3H9NO2S.C3H7NO.2C3H9N.2C3H8O2S.C3H6O2.2C3H6O.2C3H8.C2H7NO2S.2C2H6O2S.CH4/c1-4(6)5(2)3;2*1-4(2)7(3,5)6;1-3(5)4-2;2*1-4(2)3;2*1-3-6(2,4)5;1-3(4)5-2;2*1-3(2)4;2*1-3-2;1-3-6(2,4)5;2*1-5(2,3)4;/h1-3H3;2*1-3H3;1-2H3,(H,4,5);2*1-3H3;2*3H2,1-2H3;1-2H3;2*1-2H3;2*3H2,1-2H3;3H,1-2H3;2*1-2H3;1H4. The van der Waals surface area contributed by atoms with Crippen molar-refractivity contribution in [1.82, 2.24) is 33.3 Å². The summed E-state index contributed by atoms with van der Waals surface area (Å²) in [5, 5.41) is 2.39. The Labute approximate surface area is 500 Å². The summed E-state index contributed by atoms with van der Waals surface area (Å²) in [5.74, 6) is 0.671. The zero-order valence-corrected chi connectivity index (χ0v) is 62.3. The van der Waals surface area contributed by atoms with E-state index >= 15 is 0 Å². The van der Waals surface area contributed by atoms with E-state index in [4.69, 9.17) is 0 Å². The highest BCUT2D eigenvalue weighted by Gasteiger charge is 2.01. The number of carbonyl (C=O) groups is 5. The molecule has 0 rings (SSSR count). The van der Waals surface area contributed by atoms with Gasteiger partial charge in [0.15, 0.2) is 0 Å². The summed E-state index contributed by atoms with van der Waals surface area (Å²) < 4.78 is 148. The van der Waals surface area contributed by atoms with Crippen LogP contribution in [0.25, 0.3) is 0 Å². The van der Waals surface area contributed by atoms with E-state index in [0.717, 1.165) is 52.4 Å². The van der Waals surface area contributed by atoms with E-state index in [1.807, 2.05) is 52.1 Å². The second-order valence-corrected chi connectivity index (χ2v) is 33.4. The molecule has 2 N–H and O–H groups in total. The predicted molar refractivity (Wildman–Crippen MR) is 346 cm³/mol. The van der Waals surface area contributed by atoms with Gasteiger partial charge in [-0.25, -0.2) is 72.3 Å². The average Bonchev–Trinajstić information content (AvgIpc) is 3.16. The van der Waals surface area contributed by atoms with Gasteiger partial charge in [-0.3, -0.25) is 14.4 Å². The van der Waals surface area contributed by atoms with Crippen LogP contribution in [0.1, 0.15) is 110 Å². The van der Waals surface area contributed by atoms with Crippen LogP contribution in [0, 0.1) is 0 Å². The van der Waals surface area contributed by atoms with Gasteiger partial charge in [-0.1, -0.05) is 61.8 Å². The van der Waals surface area contributed by atoms with E-state index < -0.39 is 69.4 Å². The number of methoxy groups -OCH3 is 1. The van der Waals surface area contributed by atoms with Gasteiger partial charge in [-0.2, -0.15) is 0 Å². The number of esters is 1. The second kappa shape index (κ2) is 77.2. The molecular weight excluding hydrogens is 1210 g/mol. The molecule has 510 valence electrons. The summed E-state index contributed by atoms with van der Waals surface area (Å²) in [5.41, 5.74) is 0. The topological polar surface area (TPSA) is 374 Å². The van der Waals surface area contributed by atoms with Crippen molar-refractivity contribution in [2.24, 2.45) is 0 Å². The van der Waals surface area contributed by atoms with Crippen molar-refractivity contribution in [1.29, 1.82) is 0 Å². The summed E-state index contributed by atoms with van der Waals surface area (Å²) in [7, 11) is 6.37. The summed E-state index contributed by atoms with van der Waals surface area (Å²) in [6, 6.07) is 0. The zero-order valence-electron chi connectivity index (χ0n) is 56.6. The SMILES string of the molecule is C.CC(=O)N(C)C.CC(C)=O.CC(C)=O.CCC.CCC.CCS(C)(=O)=O.CCS(C)(=O)=O.CN(C)C.CN(C)C.CN(C)S(C)(=O)=O.CN(C)S(C)(=O)=O.CNC(C)=O.CNS(C)(=O)=O.COC(C)=O.CS(C)(=O)=O.CS(C)(=O)=O. The molecule has 0 radical (unpaired) electrons. The number of sulfonamides is 3. The van der Waals surface area contributed by atoms with Crippen LogP contribution in [0.15, 0.2) is 0 Å². The van der Waals surface area contributed by atoms with Crippen LogP contribution in [-0.2, 0) is 98.1 Å². The van der Waals surface area contributed by atoms with Gasteiger partial charge in [0.1, 0.15) is 50.9 Å². The molecule has 0 unspecified atom stereocenters. The van der Waals surface area contributed by atoms with Crippen molar-refractivity contribution in [2.45, 2.75) is 110 Å². The van der Waals surface area contributed by atoms with Crippen LogP contribution < -0.4 is 10.0 Å². The number of ketones is 2. The van der Waals surface area contributed by atoms with E-state index in [9.17, 15) is 82.9 Å². The Morgan fingerprint density at radius 2 is 0.481 bits per heavy atom. The van der Waals surface area contributed by atoms with Crippen LogP contribution in [0.3, 0.4) is 0 Å². The predicted octanol–water partition coefficient (Wildman–Crippen LogP) is 2.64. The lowest BCUT2D eigenvalue weighted by Gasteiger charge is -2.02. The quantitative estimate of drug-likeness (QED) is 0.374. The summed E-state index contributed by atoms with van der Waals surface area (Å²) in [6.07, 6.45) is 13.0. The van der Waals surface area contributed by atoms with Crippen molar-refractivity contribution in [3.63, 3.8) is 0 Å². The maximum absolute atomic E-state index is 10.3. The molecule has 0 aromatic carbocycles. The van der Waals surface area contributed by atoms with Gasteiger partial charge < -0.3 is 34.3 Å². The first-order valence-electron chi connectivity index (χ1n) is 23.4. The molecule has 0 fully saturated rings. The molecule has 34 heteroatoms. The molecule has 0 aliphatic rings. The van der Waals surface area contributed by atoms with E-state index in [1.165, 1.54) is 121 Å². The van der Waals surface area contributed by atoms with Crippen LogP contribution >= 0.6 is 0 Å². The van der Waals surface area contributed by atoms with Gasteiger partial charge in [0.2, 0.25) is 41.9 Å². The third-order valence-corrected chi connectivity index (χ3v) is 9.51. The van der Waals surface area contributed by atoms with Crippen molar-refractivity contribution in [2.75, 3.05) is 174 Å². The fourth-order valence-corrected chi connectivity index (χ4v) is 0. The second-order valence-electron chi connectivity index (χ2n) is 17.6. The average molecular weight is 1330 g/mol. The largest absolute Gasteiger partial charge is 0.469 e. The van der Waals surface area contributed by atoms with Crippen molar-refractivity contribution in [3.05, 3.63) is 0 Å². The Morgan fingerprint density at radius 1 is 0.407 bits per heavy atom. The minimum absolute atomic E-state index is 0. The first-order valence-corrected chi connectivity index (χ1v) is 37.7. The lowest BCUT2D eigenvalue weighted by molar-refractivity contribution is -0.138. The molecule has 0 aromatic heterocycles. The minimum atomic E-state index is -2.91. The molecule has 81 heavy (non-hydrogen) atoms. The Hall–Kier alpha value is -2.80. The normalized spacial score (nSPS) is 9.59. The van der Waals surface area contributed by atoms with Crippen LogP contribution in [-0.4, -0.2) is 285 Å². The smallest absolute Gasteiger partial charge is 0.302 e. The lowest BCUT2D eigenvalue weighted by Crippen LogP contribution is -2.19. The Bertz CT molecular complexity index is 2000. The van der Waals surface area contributed by atoms with Crippen molar-refractivity contribution < 1.29 is 87.6 Å². The van der Waals surface area contributed by atoms with Crippen LogP contribution in [0.5, 0.6) is 0 Å². The van der Waals surface area contributed by atoms with Crippen molar-refractivity contribution in [3.8, 4) is 0 Å². The monoisotopic (exact) mass is 1330 g/mol. The Morgan fingerprint density at radius 3 is 0.481 bits per heavy atom. The summed E-state index contributed by atoms with van der Waals surface area (Å²) >= 11 is 0. The van der Waals surface area contributed by atoms with Gasteiger partial charge in [0, 0.05) is 119 Å². The van der Waals surface area contributed by atoms with Gasteiger partial charge in [-0.05, 0) is 77.0 Å². The molecule has 2 amide bonds. The fraction of sp³-hybridized carbons (Fsp3) is 0.894. The highest BCUT2D eigenvalue weighted by Crippen LogP contribution is 1.84. The summed E-state index contributed by atoms with van der Waals surface area (Å²) in [4.78, 5) is 53.8. The van der Waals surface area contributed by atoms with Crippen LogP contribution in [0.2, 0.25) is 0 Å². The summed E-state index contributed by atoms with van der Waals surface area (Å²) in [6.45, 7) is 22.2. The number of Topliss-reactive ketones (excluding diaryl/α,β-unsaturated/α-hetero) is 2. The minimum Gasteiger partial charge on any atom is -0.469 e. The zero-order chi connectivity index (χ0) is 70.2. The molecule has 0 aromatic rings. The number of sulfone groups is 4. The van der Waals surface area contributed by atoms with E-state index in [0.29, 0.717) is 0 Å². The highest BCUT2D eigenvalue weighted by atomic mass is 32.2. The molecule has 0 saturated carbocycles. The third kappa shape index (κ3) is 636. The van der Waals surface area contributed by atoms with Gasteiger partial charge in [0.05, 0.1) is 25.9 Å². The number of hydrogen-bond acceptors (Lipinski definition) is 22. The lowest BCUT2D eigenvalue weighted by atomic mass is 10.6. The van der Waals surface area contributed by atoms with Gasteiger partial charge >= 0.3 is 5.97 Å². The molecule has 0 bridgehead atoms. The Kier molecular flexibility index (Phi) is 119. The number of rotatable bonds is 5. The Balaban J connectivity index is -0.0000000361. The third-order valence-electron chi connectivity index (χ3n) is 4.02. The molecule has 0 aliphatic carbocycles. The molecule has 0 aliphatic heterocycles. The first kappa shape index (κ1) is 124. The van der Waals surface area contributed by atoms with Crippen molar-refractivity contribution >= 4 is 98.8 Å². The maximum Gasteiger partial charge on any atom is 0.302 e. The highest BCUT2D eigenvalue weighted by molar-refractivity contribution is 7.91. The maximum atomic E-state index is 10.3. The first-order chi connectivity index (χ1) is 34.5. The molecule has 0 saturated heterocycles. The number of amides is 2. The fourth-order valence-electron chi connectivity index (χ4n) is 0. The molecule has 0 spiro atoms. The van der Waals surface area contributed by atoms with Crippen LogP contribution in [0.4, 0.5) is 0 Å². The number of ether oxygens (including phenoxy) is 1. The molecule has 27 nitrogen and oxygen atoms in total. The number of hydrogen-bond donors (Lipinski definition) is 2. The van der Waals surface area contributed by atoms with E-state index in [2.05, 4.69) is 42.5 Å². The molecular formula is C47H125N7O20S7. The number of nitrogens with one attached hydrogen (secondary N) is 2. The number of carbonyl (C=O) groups excluding carboxylic acids is 5. The molecule has 0 heterocycles. The molecule has 0 atom stereocenters. The van der Waals surface area contributed by atoms with E-state index in [-0.39, 0.29) is 48.3 Å². The van der Waals surface area contributed by atoms with Gasteiger partial charge in [0.25, 0.3) is 0 Å². The van der Waals surface area contributed by atoms with E-state index in [1.54, 1.807) is 35.0 Å².